The molecule has 5 heteroatoms. The fourth-order valence-electron chi connectivity index (χ4n) is 1.12. The molecule has 0 fully saturated rings. The molecule has 0 aliphatic carbocycles. The van der Waals surface area contributed by atoms with Gasteiger partial charge < -0.3 is 9.40 Å². The quantitative estimate of drug-likeness (QED) is 0.799. The van der Waals surface area contributed by atoms with Crippen LogP contribution >= 0.6 is 28.1 Å². The van der Waals surface area contributed by atoms with E-state index >= 15 is 0 Å². The first-order valence-electron chi connectivity index (χ1n) is 3.80. The summed E-state index contributed by atoms with van der Waals surface area (Å²) in [7, 11) is 0. The van der Waals surface area contributed by atoms with E-state index in [1.54, 1.807) is 12.1 Å². The van der Waals surface area contributed by atoms with Gasteiger partial charge in [-0.1, -0.05) is 15.9 Å². The number of rotatable bonds is 1. The standard InChI is InChI=1S/C9H5BrFNOS/c10-5-1-2-6(7(11)3-5)8-4-13-9(14)12-8/h1-4H,(H,12,14). The third kappa shape index (κ3) is 1.78. The number of hydrogen-bond acceptors (Lipinski definition) is 2. The van der Waals surface area contributed by atoms with Gasteiger partial charge in [0.05, 0.1) is 5.69 Å². The highest BCUT2D eigenvalue weighted by atomic mass is 79.9. The van der Waals surface area contributed by atoms with Crippen molar-refractivity contribution >= 4 is 28.1 Å². The van der Waals surface area contributed by atoms with Crippen LogP contribution in [0.15, 0.2) is 33.4 Å². The fraction of sp³-hybridized carbons (Fsp3) is 0. The van der Waals surface area contributed by atoms with Crippen LogP contribution in [-0.4, -0.2) is 4.98 Å². The summed E-state index contributed by atoms with van der Waals surface area (Å²) < 4.78 is 19.0. The van der Waals surface area contributed by atoms with Crippen LogP contribution in [-0.2, 0) is 0 Å². The molecule has 14 heavy (non-hydrogen) atoms. The third-order valence-corrected chi connectivity index (χ3v) is 2.43. The second-order valence-corrected chi connectivity index (χ2v) is 3.97. The molecule has 0 aliphatic rings. The zero-order valence-electron chi connectivity index (χ0n) is 6.88. The van der Waals surface area contributed by atoms with Crippen molar-refractivity contribution in [3.63, 3.8) is 0 Å². The molecule has 72 valence electrons. The van der Waals surface area contributed by atoms with Crippen molar-refractivity contribution in [2.75, 3.05) is 0 Å². The van der Waals surface area contributed by atoms with Crippen LogP contribution in [0.1, 0.15) is 0 Å². The van der Waals surface area contributed by atoms with Gasteiger partial charge in [0.25, 0.3) is 4.84 Å². The largest absolute Gasteiger partial charge is 0.437 e. The number of H-pyrrole nitrogens is 1. The Balaban J connectivity index is 2.57. The van der Waals surface area contributed by atoms with Gasteiger partial charge in [-0.3, -0.25) is 0 Å². The fourth-order valence-corrected chi connectivity index (χ4v) is 1.61. The molecule has 0 radical (unpaired) electrons. The van der Waals surface area contributed by atoms with E-state index < -0.39 is 0 Å². The molecule has 0 aliphatic heterocycles. The van der Waals surface area contributed by atoms with Crippen molar-refractivity contribution in [2.45, 2.75) is 0 Å². The second-order valence-electron chi connectivity index (χ2n) is 2.69. The maximum Gasteiger partial charge on any atom is 0.266 e. The molecular formula is C9H5BrFNOS. The monoisotopic (exact) mass is 273 g/mol. The molecule has 0 spiro atoms. The Morgan fingerprint density at radius 3 is 2.79 bits per heavy atom. The summed E-state index contributed by atoms with van der Waals surface area (Å²) in [5.74, 6) is -0.327. The number of aromatic amines is 1. The summed E-state index contributed by atoms with van der Waals surface area (Å²) in [6, 6.07) is 4.79. The summed E-state index contributed by atoms with van der Waals surface area (Å²) in [6.45, 7) is 0. The number of benzene rings is 1. The minimum Gasteiger partial charge on any atom is -0.437 e. The third-order valence-electron chi connectivity index (χ3n) is 1.74. The Morgan fingerprint density at radius 1 is 1.43 bits per heavy atom. The van der Waals surface area contributed by atoms with Crippen molar-refractivity contribution in [2.24, 2.45) is 0 Å². The van der Waals surface area contributed by atoms with Crippen LogP contribution in [0.3, 0.4) is 0 Å². The molecule has 0 unspecified atom stereocenters. The molecule has 0 amide bonds. The van der Waals surface area contributed by atoms with Gasteiger partial charge in [0.1, 0.15) is 12.1 Å². The molecule has 0 atom stereocenters. The minimum absolute atomic E-state index is 0.238. The van der Waals surface area contributed by atoms with Crippen molar-refractivity contribution in [3.8, 4) is 11.3 Å². The summed E-state index contributed by atoms with van der Waals surface area (Å²) >= 11 is 7.93. The Labute approximate surface area is 92.9 Å². The van der Waals surface area contributed by atoms with Crippen LogP contribution in [0.5, 0.6) is 0 Å². The van der Waals surface area contributed by atoms with E-state index in [4.69, 9.17) is 16.6 Å². The maximum absolute atomic E-state index is 13.4. The average Bonchev–Trinajstić information content (AvgIpc) is 2.51. The molecule has 2 rings (SSSR count). The molecule has 0 saturated carbocycles. The number of halogens is 2. The molecule has 0 bridgehead atoms. The number of hydrogen-bond donors (Lipinski definition) is 1. The van der Waals surface area contributed by atoms with Crippen LogP contribution in [0.4, 0.5) is 4.39 Å². The van der Waals surface area contributed by atoms with E-state index in [1.165, 1.54) is 12.3 Å². The number of nitrogens with one attached hydrogen (secondary N) is 1. The Morgan fingerprint density at radius 2 is 2.21 bits per heavy atom. The van der Waals surface area contributed by atoms with Gasteiger partial charge in [-0.15, -0.1) is 0 Å². The first-order valence-corrected chi connectivity index (χ1v) is 5.00. The van der Waals surface area contributed by atoms with Gasteiger partial charge in [0.15, 0.2) is 0 Å². The number of aromatic nitrogens is 1. The first-order chi connectivity index (χ1) is 6.66. The molecule has 1 aromatic carbocycles. The topological polar surface area (TPSA) is 28.9 Å². The summed E-state index contributed by atoms with van der Waals surface area (Å²) in [5.41, 5.74) is 0.980. The molecule has 1 heterocycles. The first kappa shape index (κ1) is 9.61. The van der Waals surface area contributed by atoms with Gasteiger partial charge in [0.2, 0.25) is 0 Å². The lowest BCUT2D eigenvalue weighted by atomic mass is 10.1. The smallest absolute Gasteiger partial charge is 0.266 e. The van der Waals surface area contributed by atoms with Crippen molar-refractivity contribution in [1.29, 1.82) is 0 Å². The van der Waals surface area contributed by atoms with Crippen molar-refractivity contribution < 1.29 is 8.81 Å². The molecule has 0 saturated heterocycles. The van der Waals surface area contributed by atoms with E-state index in [0.717, 1.165) is 0 Å². The van der Waals surface area contributed by atoms with Gasteiger partial charge in [-0.25, -0.2) is 4.39 Å². The molecule has 1 N–H and O–H groups in total. The Hall–Kier alpha value is -0.940. The molecule has 2 nitrogen and oxygen atoms in total. The maximum atomic E-state index is 13.4. The van der Waals surface area contributed by atoms with Crippen LogP contribution in [0.25, 0.3) is 11.3 Å². The van der Waals surface area contributed by atoms with E-state index in [1.807, 2.05) is 0 Å². The lowest BCUT2D eigenvalue weighted by Crippen LogP contribution is -1.83. The minimum atomic E-state index is -0.327. The highest BCUT2D eigenvalue weighted by Crippen LogP contribution is 2.24. The normalized spacial score (nSPS) is 10.4. The zero-order chi connectivity index (χ0) is 10.1. The van der Waals surface area contributed by atoms with Gasteiger partial charge in [0, 0.05) is 10.0 Å². The van der Waals surface area contributed by atoms with Gasteiger partial charge in [-0.05, 0) is 30.4 Å². The predicted octanol–water partition coefficient (Wildman–Crippen LogP) is 3.91. The summed E-state index contributed by atoms with van der Waals surface area (Å²) in [6.07, 6.45) is 1.40. The molecular weight excluding hydrogens is 269 g/mol. The van der Waals surface area contributed by atoms with Crippen LogP contribution in [0.2, 0.25) is 0 Å². The van der Waals surface area contributed by atoms with Gasteiger partial charge >= 0.3 is 0 Å². The predicted molar refractivity (Wildman–Crippen MR) is 57.0 cm³/mol. The SMILES string of the molecule is Fc1cc(Br)ccc1-c1coc(=S)[nH]1. The lowest BCUT2D eigenvalue weighted by molar-refractivity contribution is 0.541. The van der Waals surface area contributed by atoms with E-state index in [9.17, 15) is 4.39 Å². The zero-order valence-corrected chi connectivity index (χ0v) is 9.28. The van der Waals surface area contributed by atoms with E-state index in [-0.39, 0.29) is 10.7 Å². The highest BCUT2D eigenvalue weighted by Gasteiger charge is 2.07. The van der Waals surface area contributed by atoms with Crippen LogP contribution in [0, 0.1) is 10.7 Å². The number of oxazole rings is 1. The summed E-state index contributed by atoms with van der Waals surface area (Å²) in [4.78, 5) is 2.98. The Bertz CT molecular complexity index is 520. The summed E-state index contributed by atoms with van der Waals surface area (Å²) in [5, 5.41) is 0. The average molecular weight is 274 g/mol. The van der Waals surface area contributed by atoms with E-state index in [0.29, 0.717) is 15.7 Å². The van der Waals surface area contributed by atoms with Gasteiger partial charge in [-0.2, -0.15) is 0 Å². The van der Waals surface area contributed by atoms with E-state index in [2.05, 4.69) is 20.9 Å². The lowest BCUT2D eigenvalue weighted by Gasteiger charge is -1.98. The molecule has 2 aromatic rings. The highest BCUT2D eigenvalue weighted by molar-refractivity contribution is 9.10. The molecule has 1 aromatic heterocycles. The Kier molecular flexibility index (Phi) is 2.52. The second kappa shape index (κ2) is 3.67. The van der Waals surface area contributed by atoms with Crippen molar-refractivity contribution in [3.05, 3.63) is 39.6 Å². The van der Waals surface area contributed by atoms with Crippen LogP contribution < -0.4 is 0 Å². The van der Waals surface area contributed by atoms with Crippen molar-refractivity contribution in [1.82, 2.24) is 4.98 Å².